The standard InChI is InChI=1S/C18H14N2/c1-2-6-16-14(5-1)11-15(12-20-10-9-19-13-20)17-7-3-4-8-18(16)17/h1-11,13H,12H2. The average Bonchev–Trinajstić information content (AvgIpc) is 3.00. The predicted octanol–water partition coefficient (Wildman–Crippen LogP) is 4.24. The summed E-state index contributed by atoms with van der Waals surface area (Å²) in [5.74, 6) is 0. The third kappa shape index (κ3) is 1.77. The number of hydrogen-bond donors (Lipinski definition) is 0. The van der Waals surface area contributed by atoms with Crippen LogP contribution in [0.2, 0.25) is 0 Å². The van der Waals surface area contributed by atoms with E-state index >= 15 is 0 Å². The van der Waals surface area contributed by atoms with Crippen LogP contribution in [0.1, 0.15) is 5.56 Å². The largest absolute Gasteiger partial charge is 0.333 e. The van der Waals surface area contributed by atoms with E-state index in [-0.39, 0.29) is 0 Å². The lowest BCUT2D eigenvalue weighted by atomic mass is 9.97. The number of hydrogen-bond acceptors (Lipinski definition) is 1. The second-order valence-electron chi connectivity index (χ2n) is 5.04. The van der Waals surface area contributed by atoms with E-state index in [4.69, 9.17) is 0 Å². The lowest BCUT2D eigenvalue weighted by Crippen LogP contribution is -1.97. The van der Waals surface area contributed by atoms with Crippen LogP contribution >= 0.6 is 0 Å². The van der Waals surface area contributed by atoms with Crippen molar-refractivity contribution in [3.05, 3.63) is 78.9 Å². The van der Waals surface area contributed by atoms with Crippen molar-refractivity contribution in [2.24, 2.45) is 0 Å². The molecule has 20 heavy (non-hydrogen) atoms. The first-order chi connectivity index (χ1) is 9.92. The van der Waals surface area contributed by atoms with E-state index in [9.17, 15) is 0 Å². The summed E-state index contributed by atoms with van der Waals surface area (Å²) in [6, 6.07) is 19.5. The Kier molecular flexibility index (Phi) is 2.52. The van der Waals surface area contributed by atoms with Gasteiger partial charge in [-0.3, -0.25) is 0 Å². The van der Waals surface area contributed by atoms with E-state index in [1.807, 2.05) is 18.7 Å². The van der Waals surface area contributed by atoms with Gasteiger partial charge in [0.15, 0.2) is 0 Å². The van der Waals surface area contributed by atoms with Gasteiger partial charge in [0.05, 0.1) is 6.33 Å². The minimum atomic E-state index is 0.853. The SMILES string of the molecule is c1ccc2c(c1)cc(Cn1ccnc1)c1ccccc12. The Labute approximate surface area is 117 Å². The van der Waals surface area contributed by atoms with Crippen molar-refractivity contribution in [2.45, 2.75) is 6.54 Å². The minimum absolute atomic E-state index is 0.853. The summed E-state index contributed by atoms with van der Waals surface area (Å²) < 4.78 is 2.11. The Morgan fingerprint density at radius 3 is 2.40 bits per heavy atom. The molecule has 0 saturated heterocycles. The molecule has 0 aliphatic carbocycles. The zero-order valence-corrected chi connectivity index (χ0v) is 11.0. The van der Waals surface area contributed by atoms with Crippen molar-refractivity contribution < 1.29 is 0 Å². The van der Waals surface area contributed by atoms with E-state index in [2.05, 4.69) is 64.1 Å². The van der Waals surface area contributed by atoms with Crippen LogP contribution in [0.15, 0.2) is 73.3 Å². The molecule has 0 saturated carbocycles. The van der Waals surface area contributed by atoms with Crippen LogP contribution in [0.4, 0.5) is 0 Å². The van der Waals surface area contributed by atoms with Crippen molar-refractivity contribution in [2.75, 3.05) is 0 Å². The quantitative estimate of drug-likeness (QED) is 0.492. The third-order valence-corrected chi connectivity index (χ3v) is 3.77. The van der Waals surface area contributed by atoms with E-state index < -0.39 is 0 Å². The molecule has 96 valence electrons. The topological polar surface area (TPSA) is 17.8 Å². The van der Waals surface area contributed by atoms with Crippen LogP contribution in [0.5, 0.6) is 0 Å². The molecule has 4 rings (SSSR count). The van der Waals surface area contributed by atoms with Crippen molar-refractivity contribution in [1.82, 2.24) is 9.55 Å². The van der Waals surface area contributed by atoms with E-state index in [1.54, 1.807) is 0 Å². The number of rotatable bonds is 2. The summed E-state index contributed by atoms with van der Waals surface area (Å²) in [5.41, 5.74) is 1.33. The van der Waals surface area contributed by atoms with Gasteiger partial charge in [-0.25, -0.2) is 4.98 Å². The van der Waals surface area contributed by atoms with Crippen LogP contribution < -0.4 is 0 Å². The van der Waals surface area contributed by atoms with Gasteiger partial charge in [-0.2, -0.15) is 0 Å². The van der Waals surface area contributed by atoms with Gasteiger partial charge in [0, 0.05) is 18.9 Å². The first kappa shape index (κ1) is 11.2. The summed E-state index contributed by atoms with van der Waals surface area (Å²) in [7, 11) is 0. The molecule has 3 aromatic carbocycles. The zero-order valence-electron chi connectivity index (χ0n) is 11.0. The number of fused-ring (bicyclic) bond motifs is 3. The highest BCUT2D eigenvalue weighted by Gasteiger charge is 2.06. The monoisotopic (exact) mass is 258 g/mol. The molecule has 1 aromatic heterocycles. The smallest absolute Gasteiger partial charge is 0.0949 e. The predicted molar refractivity (Wildman–Crippen MR) is 82.8 cm³/mol. The molecule has 0 amide bonds. The molecule has 0 atom stereocenters. The summed E-state index contributed by atoms with van der Waals surface area (Å²) in [4.78, 5) is 4.12. The van der Waals surface area contributed by atoms with E-state index in [0.29, 0.717) is 0 Å². The molecule has 0 unspecified atom stereocenters. The normalized spacial score (nSPS) is 11.2. The zero-order chi connectivity index (χ0) is 13.4. The van der Waals surface area contributed by atoms with Gasteiger partial charge in [-0.15, -0.1) is 0 Å². The summed E-state index contributed by atoms with van der Waals surface area (Å²) in [6.45, 7) is 0.853. The molecular formula is C18H14N2. The number of nitrogens with zero attached hydrogens (tertiary/aromatic N) is 2. The molecule has 0 aliphatic rings. The molecule has 4 aromatic rings. The van der Waals surface area contributed by atoms with Crippen molar-refractivity contribution in [3.8, 4) is 0 Å². The Hall–Kier alpha value is -2.61. The third-order valence-electron chi connectivity index (χ3n) is 3.77. The Bertz CT molecular complexity index is 876. The Morgan fingerprint density at radius 2 is 1.60 bits per heavy atom. The van der Waals surface area contributed by atoms with Crippen LogP contribution in [0, 0.1) is 0 Å². The molecule has 0 N–H and O–H groups in total. The molecule has 0 bridgehead atoms. The molecule has 0 radical (unpaired) electrons. The fraction of sp³-hybridized carbons (Fsp3) is 0.0556. The lowest BCUT2D eigenvalue weighted by Gasteiger charge is -2.11. The molecule has 0 fully saturated rings. The summed E-state index contributed by atoms with van der Waals surface area (Å²) in [6.07, 6.45) is 5.69. The van der Waals surface area contributed by atoms with Crippen LogP contribution in [0.25, 0.3) is 21.5 Å². The van der Waals surface area contributed by atoms with Gasteiger partial charge in [-0.05, 0) is 33.2 Å². The highest BCUT2D eigenvalue weighted by atomic mass is 15.0. The maximum absolute atomic E-state index is 4.12. The summed E-state index contributed by atoms with van der Waals surface area (Å²) >= 11 is 0. The van der Waals surface area contributed by atoms with Gasteiger partial charge in [-0.1, -0.05) is 48.5 Å². The minimum Gasteiger partial charge on any atom is -0.333 e. The van der Waals surface area contributed by atoms with Crippen LogP contribution in [-0.2, 0) is 6.54 Å². The highest BCUT2D eigenvalue weighted by molar-refractivity contribution is 6.08. The lowest BCUT2D eigenvalue weighted by molar-refractivity contribution is 0.803. The van der Waals surface area contributed by atoms with Gasteiger partial charge in [0.1, 0.15) is 0 Å². The number of benzene rings is 3. The molecule has 1 heterocycles. The molecule has 0 aliphatic heterocycles. The van der Waals surface area contributed by atoms with E-state index in [1.165, 1.54) is 27.1 Å². The fourth-order valence-corrected chi connectivity index (χ4v) is 2.84. The molecule has 2 heteroatoms. The highest BCUT2D eigenvalue weighted by Crippen LogP contribution is 2.29. The van der Waals surface area contributed by atoms with Crippen LogP contribution in [-0.4, -0.2) is 9.55 Å². The van der Waals surface area contributed by atoms with Crippen molar-refractivity contribution in [3.63, 3.8) is 0 Å². The average molecular weight is 258 g/mol. The van der Waals surface area contributed by atoms with Gasteiger partial charge >= 0.3 is 0 Å². The molecular weight excluding hydrogens is 244 g/mol. The van der Waals surface area contributed by atoms with E-state index in [0.717, 1.165) is 6.54 Å². The van der Waals surface area contributed by atoms with Crippen molar-refractivity contribution >= 4 is 21.5 Å². The van der Waals surface area contributed by atoms with Gasteiger partial charge < -0.3 is 4.57 Å². The molecule has 2 nitrogen and oxygen atoms in total. The first-order valence-electron chi connectivity index (χ1n) is 6.77. The van der Waals surface area contributed by atoms with Gasteiger partial charge in [0.2, 0.25) is 0 Å². The second-order valence-corrected chi connectivity index (χ2v) is 5.04. The van der Waals surface area contributed by atoms with Crippen LogP contribution in [0.3, 0.4) is 0 Å². The van der Waals surface area contributed by atoms with Gasteiger partial charge in [0.25, 0.3) is 0 Å². The number of aromatic nitrogens is 2. The summed E-state index contributed by atoms with van der Waals surface area (Å²) in [5, 5.41) is 5.25. The Balaban J connectivity index is 2.02. The molecule has 0 spiro atoms. The Morgan fingerprint density at radius 1 is 0.850 bits per heavy atom. The fourth-order valence-electron chi connectivity index (χ4n) is 2.84. The van der Waals surface area contributed by atoms with Crippen molar-refractivity contribution in [1.29, 1.82) is 0 Å². The number of imidazole rings is 1. The first-order valence-corrected chi connectivity index (χ1v) is 6.77. The second kappa shape index (κ2) is 4.49. The maximum Gasteiger partial charge on any atom is 0.0949 e. The maximum atomic E-state index is 4.12.